The molecule has 84 valence electrons. The monoisotopic (exact) mass is 228 g/mol. The van der Waals surface area contributed by atoms with E-state index in [4.69, 9.17) is 4.74 Å². The molecule has 0 saturated carbocycles. The Hall–Kier alpha value is -0.970. The van der Waals surface area contributed by atoms with Crippen LogP contribution in [-0.2, 0) is 9.53 Å². The molecule has 1 rings (SSSR count). The minimum absolute atomic E-state index is 0.148. The molecule has 0 aliphatic heterocycles. The van der Waals surface area contributed by atoms with Gasteiger partial charge in [0.2, 0.25) is 0 Å². The summed E-state index contributed by atoms with van der Waals surface area (Å²) in [7, 11) is 0. The third-order valence-corrected chi connectivity index (χ3v) is 2.83. The maximum atomic E-state index is 11.0. The van der Waals surface area contributed by atoms with Crippen LogP contribution >= 0.6 is 11.8 Å². The maximum Gasteiger partial charge on any atom is 0.306 e. The number of carbonyl (C=O) groups excluding carboxylic acids is 1. The number of carbonyl (C=O) groups is 1. The molecule has 0 aliphatic carbocycles. The van der Waals surface area contributed by atoms with Crippen molar-refractivity contribution in [1.82, 2.24) is 9.97 Å². The third kappa shape index (κ3) is 3.95. The number of ether oxygens (including phenoxy) is 1. The summed E-state index contributed by atoms with van der Waals surface area (Å²) in [6.07, 6.45) is 0.428. The van der Waals surface area contributed by atoms with Crippen molar-refractivity contribution < 1.29 is 9.53 Å². The maximum absolute atomic E-state index is 11.0. The first kappa shape index (κ1) is 12.1. The largest absolute Gasteiger partial charge is 0.466 e. The summed E-state index contributed by atoms with van der Waals surface area (Å²) in [4.78, 5) is 18.5. The summed E-state index contributed by atoms with van der Waals surface area (Å²) in [5.41, 5.74) is 2.09. The van der Waals surface area contributed by atoms with Gasteiger partial charge in [0.1, 0.15) is 0 Å². The summed E-state index contributed by atoms with van der Waals surface area (Å²) < 4.78 is 4.83. The molecule has 0 atom stereocenters. The highest BCUT2D eigenvalue weighted by atomic mass is 32.2. The molecule has 0 unspecified atom stereocenters. The minimum atomic E-state index is -0.148. The van der Waals surface area contributed by atoms with E-state index in [1.807, 2.05) is 20.8 Å². The first-order valence-electron chi connectivity index (χ1n) is 4.95. The number of nitrogens with zero attached hydrogens (tertiary/aromatic N) is 1. The molecule has 0 amide bonds. The fraction of sp³-hybridized carbons (Fsp3) is 0.600. The van der Waals surface area contributed by atoms with Gasteiger partial charge in [0, 0.05) is 11.4 Å². The smallest absolute Gasteiger partial charge is 0.306 e. The predicted molar refractivity (Wildman–Crippen MR) is 60.0 cm³/mol. The number of esters is 1. The molecule has 0 radical (unpaired) electrons. The molecule has 0 aromatic carbocycles. The average Bonchev–Trinajstić information content (AvgIpc) is 2.46. The standard InChI is InChI=1S/C10H16N2O2S/c1-4-14-9(13)5-6-15-10-11-7(2)8(3)12-10/h4-6H2,1-3H3,(H,11,12). The second-order valence-electron chi connectivity index (χ2n) is 3.16. The lowest BCUT2D eigenvalue weighted by atomic mass is 10.4. The van der Waals surface area contributed by atoms with E-state index < -0.39 is 0 Å². The molecule has 1 aromatic rings. The fourth-order valence-electron chi connectivity index (χ4n) is 1.05. The van der Waals surface area contributed by atoms with Gasteiger partial charge in [-0.3, -0.25) is 4.79 Å². The Morgan fingerprint density at radius 1 is 1.53 bits per heavy atom. The van der Waals surface area contributed by atoms with E-state index in [1.54, 1.807) is 11.8 Å². The van der Waals surface area contributed by atoms with E-state index in [2.05, 4.69) is 9.97 Å². The van der Waals surface area contributed by atoms with Crippen molar-refractivity contribution in [1.29, 1.82) is 0 Å². The molecule has 1 N–H and O–H groups in total. The van der Waals surface area contributed by atoms with Crippen molar-refractivity contribution in [2.75, 3.05) is 12.4 Å². The van der Waals surface area contributed by atoms with Crippen LogP contribution in [-0.4, -0.2) is 28.3 Å². The van der Waals surface area contributed by atoms with Crippen LogP contribution in [0.4, 0.5) is 0 Å². The Morgan fingerprint density at radius 2 is 2.27 bits per heavy atom. The van der Waals surface area contributed by atoms with Crippen molar-refractivity contribution in [3.63, 3.8) is 0 Å². The molecule has 1 heterocycles. The van der Waals surface area contributed by atoms with Crippen LogP contribution in [0, 0.1) is 13.8 Å². The van der Waals surface area contributed by atoms with Crippen LogP contribution in [0.2, 0.25) is 0 Å². The molecule has 4 nitrogen and oxygen atoms in total. The summed E-state index contributed by atoms with van der Waals surface area (Å²) in [6, 6.07) is 0. The van der Waals surface area contributed by atoms with Crippen LogP contribution in [0.1, 0.15) is 24.7 Å². The minimum Gasteiger partial charge on any atom is -0.466 e. The van der Waals surface area contributed by atoms with Crippen molar-refractivity contribution in [2.45, 2.75) is 32.3 Å². The van der Waals surface area contributed by atoms with E-state index in [0.717, 1.165) is 16.5 Å². The first-order valence-corrected chi connectivity index (χ1v) is 5.93. The second-order valence-corrected chi connectivity index (χ2v) is 4.24. The van der Waals surface area contributed by atoms with Crippen LogP contribution in [0.15, 0.2) is 5.16 Å². The molecule has 1 aromatic heterocycles. The summed E-state index contributed by atoms with van der Waals surface area (Å²) in [5.74, 6) is 0.551. The molecule has 0 saturated heterocycles. The van der Waals surface area contributed by atoms with Crippen LogP contribution in [0.3, 0.4) is 0 Å². The van der Waals surface area contributed by atoms with E-state index in [-0.39, 0.29) is 5.97 Å². The van der Waals surface area contributed by atoms with Gasteiger partial charge in [-0.2, -0.15) is 0 Å². The van der Waals surface area contributed by atoms with Crippen molar-refractivity contribution >= 4 is 17.7 Å². The highest BCUT2D eigenvalue weighted by Crippen LogP contribution is 2.16. The molecule has 0 spiro atoms. The number of thioether (sulfide) groups is 1. The van der Waals surface area contributed by atoms with E-state index in [0.29, 0.717) is 18.8 Å². The Kier molecular flexibility index (Phi) is 4.68. The summed E-state index contributed by atoms with van der Waals surface area (Å²) >= 11 is 1.54. The Balaban J connectivity index is 2.28. The lowest BCUT2D eigenvalue weighted by molar-refractivity contribution is -0.142. The van der Waals surface area contributed by atoms with Gasteiger partial charge in [-0.05, 0) is 20.8 Å². The van der Waals surface area contributed by atoms with Crippen molar-refractivity contribution in [2.24, 2.45) is 0 Å². The average molecular weight is 228 g/mol. The fourth-order valence-corrected chi connectivity index (χ4v) is 1.94. The van der Waals surface area contributed by atoms with Gasteiger partial charge in [-0.25, -0.2) is 4.98 Å². The van der Waals surface area contributed by atoms with Gasteiger partial charge in [0.15, 0.2) is 5.16 Å². The lowest BCUT2D eigenvalue weighted by Crippen LogP contribution is -2.04. The highest BCUT2D eigenvalue weighted by Gasteiger charge is 2.05. The van der Waals surface area contributed by atoms with Gasteiger partial charge in [0.25, 0.3) is 0 Å². The number of imidazole rings is 1. The molecule has 0 fully saturated rings. The zero-order valence-electron chi connectivity index (χ0n) is 9.29. The highest BCUT2D eigenvalue weighted by molar-refractivity contribution is 7.99. The number of aromatic amines is 1. The van der Waals surface area contributed by atoms with Crippen LogP contribution in [0.5, 0.6) is 0 Å². The van der Waals surface area contributed by atoms with Gasteiger partial charge in [-0.15, -0.1) is 0 Å². The molecular weight excluding hydrogens is 212 g/mol. The number of hydrogen-bond donors (Lipinski definition) is 1. The number of aryl methyl sites for hydroxylation is 2. The molecule has 0 bridgehead atoms. The Labute approximate surface area is 93.8 Å². The Bertz CT molecular complexity index is 317. The van der Waals surface area contributed by atoms with E-state index in [1.165, 1.54) is 0 Å². The topological polar surface area (TPSA) is 55.0 Å². The molecule has 15 heavy (non-hydrogen) atoms. The SMILES string of the molecule is CCOC(=O)CCSc1nc(C)c(C)[nH]1. The van der Waals surface area contributed by atoms with Gasteiger partial charge >= 0.3 is 5.97 Å². The normalized spacial score (nSPS) is 10.3. The lowest BCUT2D eigenvalue weighted by Gasteiger charge is -1.99. The zero-order chi connectivity index (χ0) is 11.3. The third-order valence-electron chi connectivity index (χ3n) is 1.96. The number of nitrogens with one attached hydrogen (secondary N) is 1. The summed E-state index contributed by atoms with van der Waals surface area (Å²) in [6.45, 7) is 6.20. The number of rotatable bonds is 5. The van der Waals surface area contributed by atoms with Crippen LogP contribution < -0.4 is 0 Å². The Morgan fingerprint density at radius 3 is 2.80 bits per heavy atom. The van der Waals surface area contributed by atoms with E-state index >= 15 is 0 Å². The van der Waals surface area contributed by atoms with Crippen molar-refractivity contribution in [3.8, 4) is 0 Å². The molecular formula is C10H16N2O2S. The predicted octanol–water partition coefficient (Wildman–Crippen LogP) is 2.07. The quantitative estimate of drug-likeness (QED) is 0.619. The van der Waals surface area contributed by atoms with E-state index in [9.17, 15) is 4.79 Å². The van der Waals surface area contributed by atoms with Crippen molar-refractivity contribution in [3.05, 3.63) is 11.4 Å². The first-order chi connectivity index (χ1) is 7.13. The second kappa shape index (κ2) is 5.80. The van der Waals surface area contributed by atoms with Crippen LogP contribution in [0.25, 0.3) is 0 Å². The van der Waals surface area contributed by atoms with Gasteiger partial charge in [0.05, 0.1) is 18.7 Å². The summed E-state index contributed by atoms with van der Waals surface area (Å²) in [5, 5.41) is 0.870. The number of aromatic nitrogens is 2. The zero-order valence-corrected chi connectivity index (χ0v) is 10.1. The van der Waals surface area contributed by atoms with Gasteiger partial charge in [-0.1, -0.05) is 11.8 Å². The molecule has 5 heteroatoms. The van der Waals surface area contributed by atoms with Gasteiger partial charge < -0.3 is 9.72 Å². The molecule has 0 aliphatic rings. The number of H-pyrrole nitrogens is 1. The number of hydrogen-bond acceptors (Lipinski definition) is 4.